The van der Waals surface area contributed by atoms with Crippen LogP contribution in [0.2, 0.25) is 0 Å². The fraction of sp³-hybridized carbons (Fsp3) is 0.500. The monoisotopic (exact) mass is 274 g/mol. The summed E-state index contributed by atoms with van der Waals surface area (Å²) >= 11 is 0. The van der Waals surface area contributed by atoms with Gasteiger partial charge >= 0.3 is 0 Å². The maximum Gasteiger partial charge on any atom is 0.220 e. The number of rotatable bonds is 5. The van der Waals surface area contributed by atoms with Crippen molar-refractivity contribution in [2.24, 2.45) is 0 Å². The predicted molar refractivity (Wildman–Crippen MR) is 78.9 cm³/mol. The molecule has 1 aliphatic rings. The fourth-order valence-corrected chi connectivity index (χ4v) is 2.48. The number of hydrogen-bond acceptors (Lipinski definition) is 3. The third-order valence-corrected chi connectivity index (χ3v) is 3.70. The van der Waals surface area contributed by atoms with Crippen LogP contribution in [0.3, 0.4) is 0 Å². The first-order valence-corrected chi connectivity index (χ1v) is 7.17. The van der Waals surface area contributed by atoms with Crippen LogP contribution in [0, 0.1) is 13.8 Å². The number of nitrogens with one attached hydrogen (secondary N) is 2. The molecule has 4 heteroatoms. The van der Waals surface area contributed by atoms with Gasteiger partial charge in [-0.3, -0.25) is 9.59 Å². The summed E-state index contributed by atoms with van der Waals surface area (Å²) in [6, 6.07) is 6.06. The molecule has 4 nitrogen and oxygen atoms in total. The average Bonchev–Trinajstić information content (AvgIpc) is 2.91. The normalized spacial score (nSPS) is 18.0. The summed E-state index contributed by atoms with van der Waals surface area (Å²) in [4.78, 5) is 24.0. The molecule has 1 aliphatic heterocycles. The molecule has 1 atom stereocenters. The van der Waals surface area contributed by atoms with Gasteiger partial charge in [-0.1, -0.05) is 17.7 Å². The molecule has 0 spiro atoms. The van der Waals surface area contributed by atoms with Crippen LogP contribution in [-0.2, 0) is 4.79 Å². The van der Waals surface area contributed by atoms with Gasteiger partial charge in [0.25, 0.3) is 0 Å². The van der Waals surface area contributed by atoms with Crippen molar-refractivity contribution in [1.29, 1.82) is 0 Å². The van der Waals surface area contributed by atoms with E-state index in [1.165, 1.54) is 0 Å². The minimum Gasteiger partial charge on any atom is -0.352 e. The Bertz CT molecular complexity index is 505. The number of benzene rings is 1. The standard InChI is InChI=1S/C16H22N2O2/c1-11-3-4-12(2)14(9-11)15(19)5-6-16(20)18-13-7-8-17-10-13/h3-4,9,13,17H,5-8,10H2,1-2H3,(H,18,20). The van der Waals surface area contributed by atoms with Gasteiger partial charge in [0.05, 0.1) is 0 Å². The van der Waals surface area contributed by atoms with Gasteiger partial charge in [-0.15, -0.1) is 0 Å². The zero-order chi connectivity index (χ0) is 14.5. The molecule has 1 fully saturated rings. The van der Waals surface area contributed by atoms with Crippen LogP contribution in [0.5, 0.6) is 0 Å². The van der Waals surface area contributed by atoms with Crippen LogP contribution in [0.4, 0.5) is 0 Å². The number of aryl methyl sites for hydroxylation is 2. The summed E-state index contributed by atoms with van der Waals surface area (Å²) in [5, 5.41) is 6.16. The van der Waals surface area contributed by atoms with Gasteiger partial charge in [-0.2, -0.15) is 0 Å². The van der Waals surface area contributed by atoms with Crippen molar-refractivity contribution in [3.05, 3.63) is 34.9 Å². The SMILES string of the molecule is Cc1ccc(C)c(C(=O)CCC(=O)NC2CCNC2)c1. The Hall–Kier alpha value is -1.68. The van der Waals surface area contributed by atoms with Crippen molar-refractivity contribution in [2.75, 3.05) is 13.1 Å². The van der Waals surface area contributed by atoms with E-state index in [1.54, 1.807) is 0 Å². The second kappa shape index (κ2) is 6.66. The van der Waals surface area contributed by atoms with E-state index in [9.17, 15) is 9.59 Å². The number of ketones is 1. The number of carbonyl (C=O) groups is 2. The van der Waals surface area contributed by atoms with Crippen molar-refractivity contribution in [3.8, 4) is 0 Å². The van der Waals surface area contributed by atoms with Gasteiger partial charge in [0.1, 0.15) is 0 Å². The smallest absolute Gasteiger partial charge is 0.220 e. The first-order chi connectivity index (χ1) is 9.56. The molecule has 1 saturated heterocycles. The molecule has 0 aromatic heterocycles. The Balaban J connectivity index is 1.85. The Morgan fingerprint density at radius 2 is 2.10 bits per heavy atom. The Kier molecular flexibility index (Phi) is 4.90. The van der Waals surface area contributed by atoms with E-state index in [0.717, 1.165) is 36.2 Å². The lowest BCUT2D eigenvalue weighted by atomic mass is 9.99. The van der Waals surface area contributed by atoms with E-state index in [1.807, 2.05) is 32.0 Å². The summed E-state index contributed by atoms with van der Waals surface area (Å²) in [6.07, 6.45) is 1.51. The molecule has 2 rings (SSSR count). The minimum absolute atomic E-state index is 0.0302. The summed E-state index contributed by atoms with van der Waals surface area (Å²) in [5.41, 5.74) is 2.78. The summed E-state index contributed by atoms with van der Waals surface area (Å²) < 4.78 is 0. The maximum atomic E-state index is 12.2. The highest BCUT2D eigenvalue weighted by atomic mass is 16.2. The molecule has 2 N–H and O–H groups in total. The lowest BCUT2D eigenvalue weighted by Crippen LogP contribution is -2.36. The van der Waals surface area contributed by atoms with Gasteiger partial charge in [-0.25, -0.2) is 0 Å². The third kappa shape index (κ3) is 3.90. The Labute approximate surface area is 119 Å². The molecule has 0 aliphatic carbocycles. The molecular formula is C16H22N2O2. The van der Waals surface area contributed by atoms with E-state index in [0.29, 0.717) is 0 Å². The van der Waals surface area contributed by atoms with E-state index >= 15 is 0 Å². The van der Waals surface area contributed by atoms with Crippen LogP contribution >= 0.6 is 0 Å². The van der Waals surface area contributed by atoms with Crippen molar-refractivity contribution in [2.45, 2.75) is 39.2 Å². The van der Waals surface area contributed by atoms with Gasteiger partial charge in [-0.05, 0) is 38.4 Å². The second-order valence-electron chi connectivity index (χ2n) is 5.50. The van der Waals surface area contributed by atoms with E-state index in [-0.39, 0.29) is 30.6 Å². The molecule has 1 unspecified atom stereocenters. The second-order valence-corrected chi connectivity index (χ2v) is 5.50. The number of Topliss-reactive ketones (excluding diaryl/α,β-unsaturated/α-hetero) is 1. The Morgan fingerprint density at radius 3 is 2.80 bits per heavy atom. The zero-order valence-electron chi connectivity index (χ0n) is 12.2. The molecule has 1 amide bonds. The number of amides is 1. The quantitative estimate of drug-likeness (QED) is 0.804. The van der Waals surface area contributed by atoms with Crippen LogP contribution in [0.1, 0.15) is 40.7 Å². The van der Waals surface area contributed by atoms with Crippen molar-refractivity contribution in [1.82, 2.24) is 10.6 Å². The molecule has 0 saturated carbocycles. The van der Waals surface area contributed by atoms with Gasteiger partial charge in [0.2, 0.25) is 5.91 Å². The first-order valence-electron chi connectivity index (χ1n) is 7.17. The largest absolute Gasteiger partial charge is 0.352 e. The lowest BCUT2D eigenvalue weighted by Gasteiger charge is -2.11. The first kappa shape index (κ1) is 14.7. The summed E-state index contributed by atoms with van der Waals surface area (Å²) in [6.45, 7) is 5.68. The lowest BCUT2D eigenvalue weighted by molar-refractivity contribution is -0.121. The van der Waals surface area contributed by atoms with E-state index < -0.39 is 0 Å². The highest BCUT2D eigenvalue weighted by Crippen LogP contribution is 2.14. The molecular weight excluding hydrogens is 252 g/mol. The molecule has 0 radical (unpaired) electrons. The van der Waals surface area contributed by atoms with Crippen LogP contribution in [0.15, 0.2) is 18.2 Å². The average molecular weight is 274 g/mol. The van der Waals surface area contributed by atoms with Gasteiger partial charge < -0.3 is 10.6 Å². The minimum atomic E-state index is -0.0302. The van der Waals surface area contributed by atoms with E-state index in [2.05, 4.69) is 10.6 Å². The molecule has 108 valence electrons. The number of hydrogen-bond donors (Lipinski definition) is 2. The highest BCUT2D eigenvalue weighted by Gasteiger charge is 2.17. The molecule has 1 aromatic rings. The Morgan fingerprint density at radius 1 is 1.30 bits per heavy atom. The van der Waals surface area contributed by atoms with Crippen LogP contribution in [0.25, 0.3) is 0 Å². The molecule has 1 aromatic carbocycles. The summed E-state index contributed by atoms with van der Waals surface area (Å²) in [5.74, 6) is 0.0169. The topological polar surface area (TPSA) is 58.2 Å². The van der Waals surface area contributed by atoms with Crippen molar-refractivity contribution >= 4 is 11.7 Å². The van der Waals surface area contributed by atoms with Gasteiger partial charge in [0, 0.05) is 31.0 Å². The van der Waals surface area contributed by atoms with Crippen LogP contribution in [-0.4, -0.2) is 30.8 Å². The molecule has 0 bridgehead atoms. The zero-order valence-corrected chi connectivity index (χ0v) is 12.2. The van der Waals surface area contributed by atoms with Crippen LogP contribution < -0.4 is 10.6 Å². The predicted octanol–water partition coefficient (Wildman–Crippen LogP) is 1.74. The summed E-state index contributed by atoms with van der Waals surface area (Å²) in [7, 11) is 0. The molecule has 20 heavy (non-hydrogen) atoms. The van der Waals surface area contributed by atoms with Crippen molar-refractivity contribution in [3.63, 3.8) is 0 Å². The maximum absolute atomic E-state index is 12.2. The third-order valence-electron chi connectivity index (χ3n) is 3.70. The van der Waals surface area contributed by atoms with E-state index in [4.69, 9.17) is 0 Å². The number of carbonyl (C=O) groups excluding carboxylic acids is 2. The van der Waals surface area contributed by atoms with Crippen molar-refractivity contribution < 1.29 is 9.59 Å². The molecule has 1 heterocycles. The highest BCUT2D eigenvalue weighted by molar-refractivity contribution is 5.99. The van der Waals surface area contributed by atoms with Gasteiger partial charge in [0.15, 0.2) is 5.78 Å². The fourth-order valence-electron chi connectivity index (χ4n) is 2.48.